The van der Waals surface area contributed by atoms with E-state index in [2.05, 4.69) is 11.1 Å². The number of hydrogen-bond acceptors (Lipinski definition) is 4. The zero-order valence-corrected chi connectivity index (χ0v) is 15.0. The molecule has 0 unspecified atom stereocenters. The van der Waals surface area contributed by atoms with E-state index in [0.29, 0.717) is 18.7 Å². The maximum atomic E-state index is 12.9. The van der Waals surface area contributed by atoms with Gasteiger partial charge in [-0.15, -0.1) is 11.8 Å². The van der Waals surface area contributed by atoms with E-state index < -0.39 is 0 Å². The van der Waals surface area contributed by atoms with Gasteiger partial charge in [0.1, 0.15) is 12.4 Å². The number of aromatic nitrogens is 1. The first-order valence-corrected chi connectivity index (χ1v) is 9.45. The number of anilines is 1. The molecule has 0 aliphatic carbocycles. The Hall–Kier alpha value is -2.79. The van der Waals surface area contributed by atoms with Gasteiger partial charge in [0, 0.05) is 28.6 Å². The Morgan fingerprint density at radius 3 is 2.73 bits per heavy atom. The lowest BCUT2D eigenvalue weighted by atomic mass is 10.1. The van der Waals surface area contributed by atoms with Gasteiger partial charge in [-0.25, -0.2) is 0 Å². The van der Waals surface area contributed by atoms with Crippen LogP contribution in [0, 0.1) is 0 Å². The number of para-hydroxylation sites is 2. The van der Waals surface area contributed by atoms with Gasteiger partial charge < -0.3 is 9.64 Å². The first-order valence-electron chi connectivity index (χ1n) is 8.47. The van der Waals surface area contributed by atoms with Crippen LogP contribution in [0.25, 0.3) is 0 Å². The average molecular weight is 362 g/mol. The monoisotopic (exact) mass is 362 g/mol. The zero-order valence-electron chi connectivity index (χ0n) is 14.2. The summed E-state index contributed by atoms with van der Waals surface area (Å²) in [7, 11) is 0. The van der Waals surface area contributed by atoms with Crippen LogP contribution in [0.15, 0.2) is 78.0 Å². The number of pyridine rings is 1. The fourth-order valence-corrected chi connectivity index (χ4v) is 3.71. The summed E-state index contributed by atoms with van der Waals surface area (Å²) in [5.74, 6) is 1.62. The van der Waals surface area contributed by atoms with Gasteiger partial charge in [-0.1, -0.05) is 18.2 Å². The normalized spacial score (nSPS) is 13.0. The van der Waals surface area contributed by atoms with E-state index >= 15 is 0 Å². The van der Waals surface area contributed by atoms with Crippen molar-refractivity contribution in [3.8, 4) is 5.75 Å². The van der Waals surface area contributed by atoms with Crippen LogP contribution in [0.5, 0.6) is 5.75 Å². The van der Waals surface area contributed by atoms with Gasteiger partial charge in [0.25, 0.3) is 5.91 Å². The zero-order chi connectivity index (χ0) is 17.8. The quantitative estimate of drug-likeness (QED) is 0.645. The molecule has 0 atom stereocenters. The second-order valence-corrected chi connectivity index (χ2v) is 7.00. The summed E-state index contributed by atoms with van der Waals surface area (Å²) in [5, 5.41) is 0. The maximum absolute atomic E-state index is 12.9. The Labute approximate surface area is 156 Å². The molecular weight excluding hydrogens is 344 g/mol. The van der Waals surface area contributed by atoms with E-state index in [1.165, 1.54) is 5.56 Å². The molecule has 0 bridgehead atoms. The van der Waals surface area contributed by atoms with E-state index in [1.54, 1.807) is 22.9 Å². The van der Waals surface area contributed by atoms with Gasteiger partial charge in [-0.05, 0) is 48.0 Å². The molecule has 1 amide bonds. The molecule has 130 valence electrons. The van der Waals surface area contributed by atoms with Crippen molar-refractivity contribution in [3.63, 3.8) is 0 Å². The van der Waals surface area contributed by atoms with Crippen molar-refractivity contribution >= 4 is 23.4 Å². The average Bonchev–Trinajstić information content (AvgIpc) is 2.72. The van der Waals surface area contributed by atoms with E-state index in [9.17, 15) is 4.79 Å². The Balaban J connectivity index is 1.46. The highest BCUT2D eigenvalue weighted by atomic mass is 32.2. The van der Waals surface area contributed by atoms with Crippen LogP contribution in [-0.4, -0.2) is 24.0 Å². The highest BCUT2D eigenvalue weighted by Crippen LogP contribution is 2.32. The number of carbonyl (C=O) groups excluding carboxylic acids is 1. The number of amides is 1. The van der Waals surface area contributed by atoms with Crippen LogP contribution < -0.4 is 9.64 Å². The summed E-state index contributed by atoms with van der Waals surface area (Å²) in [6.07, 6.45) is 3.65. The molecule has 26 heavy (non-hydrogen) atoms. The standard InChI is InChI=1S/C21H18N2O2S/c24-21(23-12-13-25-20-6-2-1-5-19(20)23)17-7-9-18(10-8-17)26-15-16-4-3-11-22-14-16/h1-11,14H,12-13,15H2. The molecule has 0 N–H and O–H groups in total. The van der Waals surface area contributed by atoms with Crippen LogP contribution in [0.4, 0.5) is 5.69 Å². The van der Waals surface area contributed by atoms with Crippen LogP contribution in [0.1, 0.15) is 15.9 Å². The third-order valence-electron chi connectivity index (χ3n) is 4.20. The van der Waals surface area contributed by atoms with Crippen molar-refractivity contribution in [1.82, 2.24) is 4.98 Å². The predicted octanol–water partition coefficient (Wildman–Crippen LogP) is 4.41. The minimum absolute atomic E-state index is 0.00422. The number of nitrogens with zero attached hydrogens (tertiary/aromatic N) is 2. The maximum Gasteiger partial charge on any atom is 0.258 e. The molecule has 1 aromatic heterocycles. The third kappa shape index (κ3) is 3.58. The van der Waals surface area contributed by atoms with Gasteiger partial charge in [-0.3, -0.25) is 9.78 Å². The SMILES string of the molecule is O=C(c1ccc(SCc2cccnc2)cc1)N1CCOc2ccccc21. The Kier molecular flexibility index (Phi) is 4.88. The summed E-state index contributed by atoms with van der Waals surface area (Å²) >= 11 is 1.73. The molecule has 4 nitrogen and oxygen atoms in total. The van der Waals surface area contributed by atoms with Crippen molar-refractivity contribution in [2.24, 2.45) is 0 Å². The number of rotatable bonds is 4. The molecule has 0 saturated carbocycles. The second kappa shape index (κ2) is 7.62. The Morgan fingerprint density at radius 2 is 1.92 bits per heavy atom. The molecule has 3 aromatic rings. The third-order valence-corrected chi connectivity index (χ3v) is 5.29. The van der Waals surface area contributed by atoms with Gasteiger partial charge in [0.05, 0.1) is 12.2 Å². The van der Waals surface area contributed by atoms with Crippen LogP contribution in [0.3, 0.4) is 0 Å². The Morgan fingerprint density at radius 1 is 1.08 bits per heavy atom. The summed E-state index contributed by atoms with van der Waals surface area (Å²) in [5.41, 5.74) is 2.70. The molecular formula is C21H18N2O2S. The van der Waals surface area contributed by atoms with Crippen LogP contribution in [0.2, 0.25) is 0 Å². The van der Waals surface area contributed by atoms with Crippen molar-refractivity contribution in [1.29, 1.82) is 0 Å². The van der Waals surface area contributed by atoms with E-state index in [1.807, 2.05) is 60.8 Å². The summed E-state index contributed by atoms with van der Waals surface area (Å²) < 4.78 is 5.63. The second-order valence-electron chi connectivity index (χ2n) is 5.95. The molecule has 5 heteroatoms. The van der Waals surface area contributed by atoms with Gasteiger partial charge >= 0.3 is 0 Å². The van der Waals surface area contributed by atoms with E-state index in [-0.39, 0.29) is 5.91 Å². The number of fused-ring (bicyclic) bond motifs is 1. The molecule has 0 radical (unpaired) electrons. The van der Waals surface area contributed by atoms with Crippen molar-refractivity contribution in [2.45, 2.75) is 10.6 Å². The lowest BCUT2D eigenvalue weighted by molar-refractivity contribution is 0.0976. The largest absolute Gasteiger partial charge is 0.490 e. The number of thioether (sulfide) groups is 1. The molecule has 1 aliphatic heterocycles. The van der Waals surface area contributed by atoms with Crippen molar-refractivity contribution in [2.75, 3.05) is 18.1 Å². The topological polar surface area (TPSA) is 42.4 Å². The molecule has 0 saturated heterocycles. The van der Waals surface area contributed by atoms with Gasteiger partial charge in [0.2, 0.25) is 0 Å². The molecule has 4 rings (SSSR count). The fraction of sp³-hybridized carbons (Fsp3) is 0.143. The van der Waals surface area contributed by atoms with E-state index in [4.69, 9.17) is 4.74 Å². The lowest BCUT2D eigenvalue weighted by Gasteiger charge is -2.29. The molecule has 0 spiro atoms. The lowest BCUT2D eigenvalue weighted by Crippen LogP contribution is -2.37. The smallest absolute Gasteiger partial charge is 0.258 e. The number of benzene rings is 2. The first kappa shape index (κ1) is 16.7. The molecule has 2 heterocycles. The predicted molar refractivity (Wildman–Crippen MR) is 104 cm³/mol. The van der Waals surface area contributed by atoms with Crippen molar-refractivity contribution in [3.05, 3.63) is 84.2 Å². The van der Waals surface area contributed by atoms with Gasteiger partial charge in [0.15, 0.2) is 0 Å². The number of carbonyl (C=O) groups is 1. The molecule has 1 aliphatic rings. The highest BCUT2D eigenvalue weighted by Gasteiger charge is 2.24. The summed E-state index contributed by atoms with van der Waals surface area (Å²) in [6, 6.07) is 19.5. The summed E-state index contributed by atoms with van der Waals surface area (Å²) in [6.45, 7) is 1.08. The number of ether oxygens (including phenoxy) is 1. The van der Waals surface area contributed by atoms with E-state index in [0.717, 1.165) is 22.1 Å². The van der Waals surface area contributed by atoms with Gasteiger partial charge in [-0.2, -0.15) is 0 Å². The van der Waals surface area contributed by atoms with Crippen molar-refractivity contribution < 1.29 is 9.53 Å². The fourth-order valence-electron chi connectivity index (χ4n) is 2.88. The molecule has 0 fully saturated rings. The highest BCUT2D eigenvalue weighted by molar-refractivity contribution is 7.98. The van der Waals surface area contributed by atoms with Crippen LogP contribution in [-0.2, 0) is 5.75 Å². The minimum atomic E-state index is 0.00422. The Bertz CT molecular complexity index is 897. The first-order chi connectivity index (χ1) is 12.8. The number of hydrogen-bond donors (Lipinski definition) is 0. The minimum Gasteiger partial charge on any atom is -0.490 e. The molecule has 2 aromatic carbocycles. The van der Waals surface area contributed by atoms with Crippen LogP contribution >= 0.6 is 11.8 Å². The summed E-state index contributed by atoms with van der Waals surface area (Å²) in [4.78, 5) is 20.0.